The van der Waals surface area contributed by atoms with E-state index in [1.165, 1.54) is 0 Å². The minimum atomic E-state index is -0.759. The lowest BCUT2D eigenvalue weighted by molar-refractivity contribution is -0.137. The monoisotopic (exact) mass is 332 g/mol. The molecule has 132 valence electrons. The van der Waals surface area contributed by atoms with E-state index in [1.807, 2.05) is 29.2 Å². The van der Waals surface area contributed by atoms with E-state index in [4.69, 9.17) is 5.11 Å². The summed E-state index contributed by atoms with van der Waals surface area (Å²) in [5.74, 6) is -0.402. The maximum Gasteiger partial charge on any atom is 0.303 e. The average molecular weight is 332 g/mol. The third-order valence-corrected chi connectivity index (χ3v) is 4.82. The molecule has 1 aromatic carbocycles. The zero-order valence-corrected chi connectivity index (χ0v) is 14.7. The van der Waals surface area contributed by atoms with Crippen LogP contribution in [0.25, 0.3) is 0 Å². The second kappa shape index (κ2) is 8.71. The van der Waals surface area contributed by atoms with Crippen LogP contribution >= 0.6 is 0 Å². The summed E-state index contributed by atoms with van der Waals surface area (Å²) in [5.41, 5.74) is 1.85. The number of hydrogen-bond donors (Lipinski definition) is 1. The minimum absolute atomic E-state index is 0.0566. The molecule has 0 aromatic heterocycles. The molecule has 0 spiro atoms. The summed E-state index contributed by atoms with van der Waals surface area (Å²) < 4.78 is 0. The summed E-state index contributed by atoms with van der Waals surface area (Å²) >= 11 is 0. The molecule has 0 saturated carbocycles. The zero-order chi connectivity index (χ0) is 17.5. The number of carbonyl (C=O) groups excluding carboxylic acids is 1. The molecule has 1 aromatic rings. The van der Waals surface area contributed by atoms with Crippen LogP contribution in [0.5, 0.6) is 0 Å². The molecule has 1 aliphatic heterocycles. The quantitative estimate of drug-likeness (QED) is 0.832. The van der Waals surface area contributed by atoms with Gasteiger partial charge in [-0.2, -0.15) is 0 Å². The molecular formula is C19H28N2O3. The van der Waals surface area contributed by atoms with Gasteiger partial charge in [0, 0.05) is 43.9 Å². The Kier molecular flexibility index (Phi) is 6.64. The standard InChI is InChI=1S/C19H28N2O3/c1-3-20(4-2)17-10-8-16(9-11-17)19(24)21-13-5-6-15(14-21)7-12-18(22)23/h8-11,15H,3-7,12-14H2,1-2H3,(H,22,23). The van der Waals surface area contributed by atoms with Gasteiger partial charge in [-0.15, -0.1) is 0 Å². The summed E-state index contributed by atoms with van der Waals surface area (Å²) in [6, 6.07) is 7.81. The van der Waals surface area contributed by atoms with Crippen molar-refractivity contribution in [2.24, 2.45) is 5.92 Å². The van der Waals surface area contributed by atoms with Crippen LogP contribution in [0.2, 0.25) is 0 Å². The van der Waals surface area contributed by atoms with Gasteiger partial charge >= 0.3 is 5.97 Å². The maximum absolute atomic E-state index is 12.7. The molecule has 1 unspecified atom stereocenters. The second-order valence-electron chi connectivity index (χ2n) is 6.41. The Morgan fingerprint density at radius 2 is 1.88 bits per heavy atom. The van der Waals surface area contributed by atoms with Crippen LogP contribution in [0.3, 0.4) is 0 Å². The number of likely N-dealkylation sites (tertiary alicyclic amines) is 1. The number of carboxylic acid groups (broad SMARTS) is 1. The highest BCUT2D eigenvalue weighted by atomic mass is 16.4. The van der Waals surface area contributed by atoms with Gasteiger partial charge in [-0.05, 0) is 63.3 Å². The van der Waals surface area contributed by atoms with Gasteiger partial charge in [0.25, 0.3) is 5.91 Å². The Balaban J connectivity index is 1.98. The summed E-state index contributed by atoms with van der Waals surface area (Å²) in [7, 11) is 0. The number of aliphatic carboxylic acids is 1. The number of amides is 1. The van der Waals surface area contributed by atoms with E-state index in [-0.39, 0.29) is 12.3 Å². The van der Waals surface area contributed by atoms with Crippen molar-refractivity contribution in [1.82, 2.24) is 4.90 Å². The number of anilines is 1. The fourth-order valence-electron chi connectivity index (χ4n) is 3.40. The van der Waals surface area contributed by atoms with Gasteiger partial charge in [-0.3, -0.25) is 9.59 Å². The van der Waals surface area contributed by atoms with Crippen molar-refractivity contribution in [3.63, 3.8) is 0 Å². The predicted octanol–water partition coefficient (Wildman–Crippen LogP) is 3.25. The van der Waals surface area contributed by atoms with Crippen LogP contribution in [-0.2, 0) is 4.79 Å². The smallest absolute Gasteiger partial charge is 0.303 e. The SMILES string of the molecule is CCN(CC)c1ccc(C(=O)N2CCCC(CCC(=O)O)C2)cc1. The fraction of sp³-hybridized carbons (Fsp3) is 0.579. The fourth-order valence-corrected chi connectivity index (χ4v) is 3.40. The number of carbonyl (C=O) groups is 2. The number of hydrogen-bond acceptors (Lipinski definition) is 3. The van der Waals surface area contributed by atoms with Gasteiger partial charge in [0.05, 0.1) is 0 Å². The average Bonchev–Trinajstić information content (AvgIpc) is 2.61. The summed E-state index contributed by atoms with van der Waals surface area (Å²) in [6.07, 6.45) is 2.80. The molecule has 5 nitrogen and oxygen atoms in total. The predicted molar refractivity (Wildman–Crippen MR) is 95.5 cm³/mol. The number of nitrogens with zero attached hydrogens (tertiary/aromatic N) is 2. The van der Waals surface area contributed by atoms with E-state index in [9.17, 15) is 9.59 Å². The molecule has 5 heteroatoms. The van der Waals surface area contributed by atoms with E-state index in [2.05, 4.69) is 18.7 Å². The summed E-state index contributed by atoms with van der Waals surface area (Å²) in [6.45, 7) is 7.56. The molecule has 1 amide bonds. The Morgan fingerprint density at radius 1 is 1.21 bits per heavy atom. The largest absolute Gasteiger partial charge is 0.481 e. The third kappa shape index (κ3) is 4.73. The summed E-state index contributed by atoms with van der Waals surface area (Å²) in [5, 5.41) is 8.82. The van der Waals surface area contributed by atoms with E-state index < -0.39 is 5.97 Å². The third-order valence-electron chi connectivity index (χ3n) is 4.82. The number of carboxylic acids is 1. The molecule has 0 bridgehead atoms. The van der Waals surface area contributed by atoms with Crippen molar-refractivity contribution in [1.29, 1.82) is 0 Å². The van der Waals surface area contributed by atoms with Crippen molar-refractivity contribution >= 4 is 17.6 Å². The number of benzene rings is 1. The van der Waals surface area contributed by atoms with E-state index in [0.29, 0.717) is 24.4 Å². The molecule has 0 radical (unpaired) electrons. The van der Waals surface area contributed by atoms with Gasteiger partial charge in [-0.1, -0.05) is 0 Å². The molecule has 1 atom stereocenters. The highest BCUT2D eigenvalue weighted by molar-refractivity contribution is 5.94. The van der Waals surface area contributed by atoms with E-state index >= 15 is 0 Å². The van der Waals surface area contributed by atoms with Gasteiger partial charge in [0.15, 0.2) is 0 Å². The first-order valence-corrected chi connectivity index (χ1v) is 8.91. The molecule has 24 heavy (non-hydrogen) atoms. The second-order valence-corrected chi connectivity index (χ2v) is 6.41. The van der Waals surface area contributed by atoms with Crippen molar-refractivity contribution in [2.75, 3.05) is 31.1 Å². The molecule has 1 fully saturated rings. The van der Waals surface area contributed by atoms with Gasteiger partial charge in [0.1, 0.15) is 0 Å². The Bertz CT molecular complexity index is 552. The molecule has 1 saturated heterocycles. The summed E-state index contributed by atoms with van der Waals surface area (Å²) in [4.78, 5) is 27.6. The van der Waals surface area contributed by atoms with E-state index in [1.54, 1.807) is 0 Å². The van der Waals surface area contributed by atoms with Crippen molar-refractivity contribution in [3.05, 3.63) is 29.8 Å². The molecule has 0 aliphatic carbocycles. The van der Waals surface area contributed by atoms with E-state index in [0.717, 1.165) is 38.2 Å². The molecule has 1 heterocycles. The first-order valence-electron chi connectivity index (χ1n) is 8.91. The Labute approximate surface area is 144 Å². The maximum atomic E-state index is 12.7. The van der Waals surface area contributed by atoms with Crippen LogP contribution in [-0.4, -0.2) is 48.1 Å². The highest BCUT2D eigenvalue weighted by Gasteiger charge is 2.24. The van der Waals surface area contributed by atoms with Gasteiger partial charge in [0.2, 0.25) is 0 Å². The Hall–Kier alpha value is -2.04. The van der Waals surface area contributed by atoms with Crippen molar-refractivity contribution in [2.45, 2.75) is 39.5 Å². The van der Waals surface area contributed by atoms with Crippen LogP contribution in [0.1, 0.15) is 49.9 Å². The Morgan fingerprint density at radius 3 is 2.46 bits per heavy atom. The number of piperidine rings is 1. The molecule has 1 N–H and O–H groups in total. The first kappa shape index (κ1) is 18.3. The lowest BCUT2D eigenvalue weighted by Gasteiger charge is -2.32. The minimum Gasteiger partial charge on any atom is -0.481 e. The van der Waals surface area contributed by atoms with Crippen LogP contribution in [0.15, 0.2) is 24.3 Å². The lowest BCUT2D eigenvalue weighted by atomic mass is 9.93. The molecular weight excluding hydrogens is 304 g/mol. The highest BCUT2D eigenvalue weighted by Crippen LogP contribution is 2.23. The van der Waals surface area contributed by atoms with Crippen molar-refractivity contribution in [3.8, 4) is 0 Å². The van der Waals surface area contributed by atoms with Crippen LogP contribution < -0.4 is 4.90 Å². The van der Waals surface area contributed by atoms with Crippen LogP contribution in [0, 0.1) is 5.92 Å². The van der Waals surface area contributed by atoms with Gasteiger partial charge < -0.3 is 14.9 Å². The van der Waals surface area contributed by atoms with Crippen molar-refractivity contribution < 1.29 is 14.7 Å². The topological polar surface area (TPSA) is 60.9 Å². The number of rotatable bonds is 7. The zero-order valence-electron chi connectivity index (χ0n) is 14.7. The lowest BCUT2D eigenvalue weighted by Crippen LogP contribution is -2.40. The first-order chi connectivity index (χ1) is 11.5. The normalized spacial score (nSPS) is 17.6. The van der Waals surface area contributed by atoms with Gasteiger partial charge in [-0.25, -0.2) is 0 Å². The molecule has 1 aliphatic rings. The van der Waals surface area contributed by atoms with Crippen LogP contribution in [0.4, 0.5) is 5.69 Å². The molecule has 2 rings (SSSR count).